The number of fused-ring (bicyclic) bond motifs is 2. The molecule has 1 aliphatic carbocycles. The fraction of sp³-hybridized carbons (Fsp3) is 0.120. The summed E-state index contributed by atoms with van der Waals surface area (Å²) < 4.78 is 5.13. The topological polar surface area (TPSA) is 133 Å². The molecule has 0 saturated carbocycles. The van der Waals surface area contributed by atoms with Crippen LogP contribution in [0.15, 0.2) is 66.7 Å². The van der Waals surface area contributed by atoms with Crippen LogP contribution in [0.3, 0.4) is 0 Å². The quantitative estimate of drug-likeness (QED) is 0.266. The van der Waals surface area contributed by atoms with E-state index in [1.807, 2.05) is 0 Å². The van der Waals surface area contributed by atoms with Crippen molar-refractivity contribution in [3.63, 3.8) is 0 Å². The van der Waals surface area contributed by atoms with Crippen LogP contribution in [0.4, 0.5) is 11.4 Å². The fourth-order valence-corrected chi connectivity index (χ4v) is 3.71. The monoisotopic (exact) mass is 458 g/mol. The van der Waals surface area contributed by atoms with E-state index >= 15 is 0 Å². The number of carbonyl (C=O) groups is 4. The summed E-state index contributed by atoms with van der Waals surface area (Å²) in [7, 11) is 0. The molecule has 0 fully saturated rings. The second-order valence-corrected chi connectivity index (χ2v) is 7.65. The first-order chi connectivity index (χ1) is 16.3. The van der Waals surface area contributed by atoms with Gasteiger partial charge in [-0.15, -0.1) is 0 Å². The van der Waals surface area contributed by atoms with Gasteiger partial charge in [-0.2, -0.15) is 0 Å². The Labute approximate surface area is 193 Å². The third kappa shape index (κ3) is 4.31. The van der Waals surface area contributed by atoms with Crippen molar-refractivity contribution in [3.05, 3.63) is 105 Å². The van der Waals surface area contributed by atoms with Gasteiger partial charge in [-0.25, -0.2) is 0 Å². The Morgan fingerprint density at radius 3 is 2.18 bits per heavy atom. The number of benzene rings is 3. The van der Waals surface area contributed by atoms with Gasteiger partial charge in [0.1, 0.15) is 0 Å². The number of rotatable bonds is 6. The number of nitrogens with zero attached hydrogens (tertiary/aromatic N) is 1. The average molecular weight is 458 g/mol. The van der Waals surface area contributed by atoms with Gasteiger partial charge in [0.2, 0.25) is 0 Å². The van der Waals surface area contributed by atoms with Gasteiger partial charge in [0.05, 0.1) is 11.3 Å². The normalized spacial score (nSPS) is 12.9. The summed E-state index contributed by atoms with van der Waals surface area (Å²) in [6.07, 6.45) is -1.58. The molecule has 1 N–H and O–H groups in total. The molecule has 170 valence electrons. The highest BCUT2D eigenvalue weighted by atomic mass is 16.6. The van der Waals surface area contributed by atoms with Crippen LogP contribution >= 0.6 is 0 Å². The third-order valence-corrected chi connectivity index (χ3v) is 5.39. The summed E-state index contributed by atoms with van der Waals surface area (Å²) in [4.78, 5) is 60.8. The van der Waals surface area contributed by atoms with Crippen LogP contribution in [0, 0.1) is 10.1 Å². The van der Waals surface area contributed by atoms with Gasteiger partial charge in [0.25, 0.3) is 11.6 Å². The maximum Gasteiger partial charge on any atom is 0.311 e. The Morgan fingerprint density at radius 2 is 1.50 bits per heavy atom. The van der Waals surface area contributed by atoms with E-state index in [0.717, 1.165) is 0 Å². The van der Waals surface area contributed by atoms with Gasteiger partial charge in [0, 0.05) is 39.6 Å². The fourth-order valence-electron chi connectivity index (χ4n) is 3.71. The number of carbonyl (C=O) groups excluding carboxylic acids is 4. The number of anilines is 1. The molecule has 0 radical (unpaired) electrons. The molecule has 0 saturated heterocycles. The van der Waals surface area contributed by atoms with Crippen molar-refractivity contribution in [2.75, 3.05) is 5.32 Å². The molecule has 4 rings (SSSR count). The van der Waals surface area contributed by atoms with E-state index < -0.39 is 22.9 Å². The molecule has 1 aliphatic rings. The lowest BCUT2D eigenvalue weighted by molar-refractivity contribution is -0.385. The van der Waals surface area contributed by atoms with Gasteiger partial charge in [-0.1, -0.05) is 42.5 Å². The highest BCUT2D eigenvalue weighted by molar-refractivity contribution is 6.28. The van der Waals surface area contributed by atoms with Gasteiger partial charge in [0.15, 0.2) is 17.7 Å². The molecule has 9 nitrogen and oxygen atoms in total. The zero-order chi connectivity index (χ0) is 24.4. The zero-order valence-corrected chi connectivity index (χ0v) is 17.9. The Balaban J connectivity index is 1.44. The largest absolute Gasteiger partial charge is 0.452 e. The molecule has 0 spiro atoms. The first-order valence-electron chi connectivity index (χ1n) is 10.3. The summed E-state index contributed by atoms with van der Waals surface area (Å²) in [5, 5.41) is 13.7. The Hall–Kier alpha value is -4.66. The molecule has 0 bridgehead atoms. The van der Waals surface area contributed by atoms with E-state index in [1.54, 1.807) is 30.3 Å². The van der Waals surface area contributed by atoms with E-state index in [9.17, 15) is 29.3 Å². The van der Waals surface area contributed by atoms with Crippen molar-refractivity contribution in [1.29, 1.82) is 0 Å². The summed E-state index contributed by atoms with van der Waals surface area (Å²) in [5.74, 6) is -2.07. The number of esters is 1. The molecule has 0 heterocycles. The molecular weight excluding hydrogens is 440 g/mol. The van der Waals surface area contributed by atoms with Crippen molar-refractivity contribution in [1.82, 2.24) is 0 Å². The number of amides is 1. The molecule has 3 aromatic carbocycles. The van der Waals surface area contributed by atoms with E-state index in [0.29, 0.717) is 11.1 Å². The number of nitro groups is 1. The number of ether oxygens (including phenoxy) is 1. The van der Waals surface area contributed by atoms with E-state index in [-0.39, 0.29) is 46.1 Å². The number of ketones is 2. The SMILES string of the molecule is CC(OC(=O)Cc1ccccc1[N+](=O)[O-])C(=O)Nc1ccc2c(c1)C(=O)c1ccccc1C2=O. The van der Waals surface area contributed by atoms with Gasteiger partial charge in [-0.05, 0) is 25.1 Å². The summed E-state index contributed by atoms with van der Waals surface area (Å²) in [5.41, 5.74) is 1.24. The average Bonchev–Trinajstić information content (AvgIpc) is 2.82. The Bertz CT molecular complexity index is 1360. The van der Waals surface area contributed by atoms with Crippen molar-refractivity contribution in [2.45, 2.75) is 19.4 Å². The van der Waals surface area contributed by atoms with Crippen LogP contribution in [0.2, 0.25) is 0 Å². The minimum Gasteiger partial charge on any atom is -0.452 e. The molecule has 1 atom stereocenters. The van der Waals surface area contributed by atoms with Crippen molar-refractivity contribution < 1.29 is 28.8 Å². The van der Waals surface area contributed by atoms with E-state index in [1.165, 1.54) is 43.3 Å². The number of hydrogen-bond acceptors (Lipinski definition) is 7. The molecular formula is C25H18N2O7. The highest BCUT2D eigenvalue weighted by Crippen LogP contribution is 2.29. The molecule has 3 aromatic rings. The number of para-hydroxylation sites is 1. The minimum absolute atomic E-state index is 0.169. The second kappa shape index (κ2) is 9.07. The minimum atomic E-state index is -1.20. The molecule has 1 amide bonds. The van der Waals surface area contributed by atoms with Crippen LogP contribution in [0.1, 0.15) is 44.3 Å². The molecule has 9 heteroatoms. The summed E-state index contributed by atoms with van der Waals surface area (Å²) >= 11 is 0. The zero-order valence-electron chi connectivity index (χ0n) is 17.9. The van der Waals surface area contributed by atoms with Gasteiger partial charge in [-0.3, -0.25) is 29.3 Å². The van der Waals surface area contributed by atoms with Crippen LogP contribution < -0.4 is 5.32 Å². The predicted molar refractivity (Wildman–Crippen MR) is 121 cm³/mol. The molecule has 0 aliphatic heterocycles. The second-order valence-electron chi connectivity index (χ2n) is 7.65. The standard InChI is InChI=1S/C25H18N2O7/c1-14(34-22(28)12-15-6-2-5-9-21(15)27(32)33)25(31)26-16-10-11-19-20(13-16)24(30)18-8-4-3-7-17(18)23(19)29/h2-11,13-14H,12H2,1H3,(H,26,31). The smallest absolute Gasteiger partial charge is 0.311 e. The maximum atomic E-state index is 12.8. The lowest BCUT2D eigenvalue weighted by Crippen LogP contribution is -2.30. The van der Waals surface area contributed by atoms with Crippen LogP contribution in [-0.4, -0.2) is 34.5 Å². The van der Waals surface area contributed by atoms with Crippen LogP contribution in [0.25, 0.3) is 0 Å². The first-order valence-corrected chi connectivity index (χ1v) is 10.3. The van der Waals surface area contributed by atoms with Gasteiger partial charge < -0.3 is 10.1 Å². The van der Waals surface area contributed by atoms with Crippen LogP contribution in [-0.2, 0) is 20.7 Å². The lowest BCUT2D eigenvalue weighted by atomic mass is 9.84. The highest BCUT2D eigenvalue weighted by Gasteiger charge is 2.30. The van der Waals surface area contributed by atoms with E-state index in [2.05, 4.69) is 5.32 Å². The Kier molecular flexibility index (Phi) is 6.01. The van der Waals surface area contributed by atoms with Crippen molar-refractivity contribution in [2.24, 2.45) is 0 Å². The number of nitro benzene ring substituents is 1. The van der Waals surface area contributed by atoms with Crippen molar-refractivity contribution in [3.8, 4) is 0 Å². The van der Waals surface area contributed by atoms with Crippen LogP contribution in [0.5, 0.6) is 0 Å². The summed E-state index contributed by atoms with van der Waals surface area (Å²) in [6.45, 7) is 1.36. The molecule has 34 heavy (non-hydrogen) atoms. The number of nitrogens with one attached hydrogen (secondary N) is 1. The predicted octanol–water partition coefficient (Wildman–Crippen LogP) is 3.48. The Morgan fingerprint density at radius 1 is 0.912 bits per heavy atom. The van der Waals surface area contributed by atoms with Crippen molar-refractivity contribution >= 4 is 34.8 Å². The summed E-state index contributed by atoms with van der Waals surface area (Å²) in [6, 6.07) is 16.6. The maximum absolute atomic E-state index is 12.8. The number of hydrogen-bond donors (Lipinski definition) is 1. The first kappa shape index (κ1) is 22.5. The molecule has 1 unspecified atom stereocenters. The van der Waals surface area contributed by atoms with E-state index in [4.69, 9.17) is 4.74 Å². The lowest BCUT2D eigenvalue weighted by Gasteiger charge is -2.19. The van der Waals surface area contributed by atoms with Gasteiger partial charge >= 0.3 is 5.97 Å². The third-order valence-electron chi connectivity index (χ3n) is 5.39. The molecule has 0 aromatic heterocycles.